The molecule has 0 saturated carbocycles. The normalized spacial score (nSPS) is 10.2. The van der Waals surface area contributed by atoms with E-state index in [1.807, 2.05) is 0 Å². The molecule has 0 radical (unpaired) electrons. The van der Waals surface area contributed by atoms with E-state index in [0.717, 1.165) is 0 Å². The summed E-state index contributed by atoms with van der Waals surface area (Å²) in [5.41, 5.74) is 0.313. The van der Waals surface area contributed by atoms with Crippen LogP contribution in [0.1, 0.15) is 24.2 Å². The van der Waals surface area contributed by atoms with E-state index in [2.05, 4.69) is 0 Å². The van der Waals surface area contributed by atoms with Gasteiger partial charge >= 0.3 is 0 Å². The number of carbonyl (C=O) groups excluding carboxylic acids is 1. The van der Waals surface area contributed by atoms with E-state index < -0.39 is 5.82 Å². The van der Waals surface area contributed by atoms with Crippen molar-refractivity contribution in [3.05, 3.63) is 26.0 Å². The third-order valence-electron chi connectivity index (χ3n) is 1.79. The maximum Gasteiger partial charge on any atom is 0.163 e. The monoisotopic (exact) mass is 342 g/mol. The maximum atomic E-state index is 13.4. The van der Waals surface area contributed by atoms with E-state index in [-0.39, 0.29) is 20.1 Å². The first-order valence-corrected chi connectivity index (χ1v) is 5.76. The van der Waals surface area contributed by atoms with Crippen molar-refractivity contribution in [2.75, 3.05) is 6.61 Å². The van der Waals surface area contributed by atoms with E-state index in [1.165, 1.54) is 13.0 Å². The third kappa shape index (κ3) is 2.60. The van der Waals surface area contributed by atoms with Gasteiger partial charge in [-0.3, -0.25) is 4.79 Å². The van der Waals surface area contributed by atoms with Gasteiger partial charge in [0.05, 0.1) is 20.8 Å². The fourth-order valence-corrected chi connectivity index (χ4v) is 2.23. The van der Waals surface area contributed by atoms with Crippen LogP contribution in [0.15, 0.2) is 6.07 Å². The Balaban J connectivity index is 3.43. The quantitative estimate of drug-likeness (QED) is 0.476. The van der Waals surface area contributed by atoms with Crippen LogP contribution < -0.4 is 4.74 Å². The molecule has 0 aromatic heterocycles. The highest BCUT2D eigenvalue weighted by Gasteiger charge is 2.18. The fraction of sp³-hybridized carbons (Fsp3) is 0.300. The lowest BCUT2D eigenvalue weighted by Gasteiger charge is -2.11. The van der Waals surface area contributed by atoms with Crippen molar-refractivity contribution in [1.29, 1.82) is 0 Å². The molecule has 0 bridgehead atoms. The number of Topliss-reactive ketones (excluding diaryl/α,β-unsaturated/α-hetero) is 1. The van der Waals surface area contributed by atoms with Crippen LogP contribution in [0.3, 0.4) is 0 Å². The van der Waals surface area contributed by atoms with Crippen molar-refractivity contribution in [3.63, 3.8) is 0 Å². The van der Waals surface area contributed by atoms with Gasteiger partial charge in [-0.2, -0.15) is 0 Å². The Hall–Kier alpha value is -0.360. The molecule has 1 aromatic rings. The zero-order valence-corrected chi connectivity index (χ0v) is 11.1. The van der Waals surface area contributed by atoms with Crippen LogP contribution in [-0.2, 0) is 0 Å². The molecule has 0 saturated heterocycles. The average molecular weight is 343 g/mol. The van der Waals surface area contributed by atoms with Crippen molar-refractivity contribution in [1.82, 2.24) is 0 Å². The largest absolute Gasteiger partial charge is 0.492 e. The van der Waals surface area contributed by atoms with Gasteiger partial charge in [0.2, 0.25) is 0 Å². The highest BCUT2D eigenvalue weighted by atomic mass is 127. The Bertz CT molecular complexity index is 407. The first-order valence-electron chi connectivity index (χ1n) is 4.30. The molecular weight excluding hydrogens is 333 g/mol. The van der Waals surface area contributed by atoms with Crippen LogP contribution in [0, 0.1) is 9.39 Å². The molecule has 5 heteroatoms. The number of benzene rings is 1. The molecule has 2 nitrogen and oxygen atoms in total. The molecule has 15 heavy (non-hydrogen) atoms. The molecule has 0 amide bonds. The predicted octanol–water partition coefficient (Wildman–Crippen LogP) is 3.69. The van der Waals surface area contributed by atoms with Crippen LogP contribution in [0.25, 0.3) is 0 Å². The van der Waals surface area contributed by atoms with Gasteiger partial charge in [0.1, 0.15) is 5.75 Å². The minimum atomic E-state index is -0.550. The van der Waals surface area contributed by atoms with Crippen LogP contribution >= 0.6 is 34.2 Å². The summed E-state index contributed by atoms with van der Waals surface area (Å²) in [5.74, 6) is -0.475. The Labute approximate surface area is 106 Å². The van der Waals surface area contributed by atoms with E-state index in [4.69, 9.17) is 16.3 Å². The summed E-state index contributed by atoms with van der Waals surface area (Å²) >= 11 is 7.42. The number of hydrogen-bond donors (Lipinski definition) is 0. The Morgan fingerprint density at radius 1 is 1.67 bits per heavy atom. The zero-order valence-electron chi connectivity index (χ0n) is 8.23. The summed E-state index contributed by atoms with van der Waals surface area (Å²) in [5, 5.41) is -0.0620. The minimum absolute atomic E-state index is 0.0620. The standard InChI is InChI=1S/C10H9ClFIO2/c1-3-15-10-6(5(2)14)4-7(11)8(12)9(10)13/h4H,3H2,1-2H3. The molecule has 0 aliphatic heterocycles. The molecular formula is C10H9ClFIO2. The summed E-state index contributed by atoms with van der Waals surface area (Å²) in [7, 11) is 0. The van der Waals surface area contributed by atoms with Crippen molar-refractivity contribution in [2.45, 2.75) is 13.8 Å². The van der Waals surface area contributed by atoms with Crippen LogP contribution in [0.4, 0.5) is 4.39 Å². The smallest absolute Gasteiger partial charge is 0.163 e. The van der Waals surface area contributed by atoms with E-state index in [0.29, 0.717) is 12.2 Å². The highest BCUT2D eigenvalue weighted by molar-refractivity contribution is 14.1. The Kier molecular flexibility index (Phi) is 4.33. The van der Waals surface area contributed by atoms with E-state index >= 15 is 0 Å². The van der Waals surface area contributed by atoms with Crippen molar-refractivity contribution in [2.24, 2.45) is 0 Å². The van der Waals surface area contributed by atoms with E-state index in [9.17, 15) is 9.18 Å². The van der Waals surface area contributed by atoms with Gasteiger partial charge in [0.25, 0.3) is 0 Å². The number of rotatable bonds is 3. The summed E-state index contributed by atoms with van der Waals surface area (Å²) < 4.78 is 18.9. The third-order valence-corrected chi connectivity index (χ3v) is 3.02. The molecule has 82 valence electrons. The molecule has 0 spiro atoms. The van der Waals surface area contributed by atoms with Gasteiger partial charge in [0.15, 0.2) is 11.6 Å². The fourth-order valence-electron chi connectivity index (χ4n) is 1.13. The Morgan fingerprint density at radius 3 is 2.73 bits per heavy atom. The molecule has 0 unspecified atom stereocenters. The molecule has 0 aliphatic rings. The number of carbonyl (C=O) groups is 1. The topological polar surface area (TPSA) is 26.3 Å². The summed E-state index contributed by atoms with van der Waals surface area (Å²) in [4.78, 5) is 11.3. The van der Waals surface area contributed by atoms with Gasteiger partial charge in [0, 0.05) is 0 Å². The first kappa shape index (κ1) is 12.7. The number of halogens is 3. The first-order chi connectivity index (χ1) is 6.99. The van der Waals surface area contributed by atoms with Crippen molar-refractivity contribution < 1.29 is 13.9 Å². The van der Waals surface area contributed by atoms with Gasteiger partial charge in [-0.25, -0.2) is 4.39 Å². The highest BCUT2D eigenvalue weighted by Crippen LogP contribution is 2.33. The van der Waals surface area contributed by atoms with Gasteiger partial charge in [-0.1, -0.05) is 11.6 Å². The lowest BCUT2D eigenvalue weighted by atomic mass is 10.1. The SMILES string of the molecule is CCOc1c(C(C)=O)cc(Cl)c(F)c1I. The lowest BCUT2D eigenvalue weighted by molar-refractivity contribution is 0.101. The molecule has 0 aliphatic carbocycles. The number of ether oxygens (including phenoxy) is 1. The summed E-state index contributed by atoms with van der Waals surface area (Å²) in [6.45, 7) is 3.53. The van der Waals surface area contributed by atoms with Crippen molar-refractivity contribution in [3.8, 4) is 5.75 Å². The molecule has 1 rings (SSSR count). The van der Waals surface area contributed by atoms with Crippen LogP contribution in [0.2, 0.25) is 5.02 Å². The van der Waals surface area contributed by atoms with E-state index in [1.54, 1.807) is 29.5 Å². The second-order valence-electron chi connectivity index (χ2n) is 2.85. The van der Waals surface area contributed by atoms with Gasteiger partial charge in [-0.05, 0) is 42.5 Å². The van der Waals surface area contributed by atoms with Gasteiger partial charge in [-0.15, -0.1) is 0 Å². The van der Waals surface area contributed by atoms with Crippen molar-refractivity contribution >= 4 is 40.0 Å². The molecule has 0 atom stereocenters. The second kappa shape index (κ2) is 5.12. The van der Waals surface area contributed by atoms with Crippen LogP contribution in [-0.4, -0.2) is 12.4 Å². The molecule has 1 aromatic carbocycles. The molecule has 0 heterocycles. The van der Waals surface area contributed by atoms with Gasteiger partial charge < -0.3 is 4.74 Å². The molecule has 0 N–H and O–H groups in total. The zero-order chi connectivity index (χ0) is 11.6. The number of ketones is 1. The lowest BCUT2D eigenvalue weighted by Crippen LogP contribution is -2.04. The predicted molar refractivity (Wildman–Crippen MR) is 65.3 cm³/mol. The summed E-state index contributed by atoms with van der Waals surface area (Å²) in [6, 6.07) is 1.30. The second-order valence-corrected chi connectivity index (χ2v) is 4.34. The summed E-state index contributed by atoms with van der Waals surface area (Å²) in [6.07, 6.45) is 0. The minimum Gasteiger partial charge on any atom is -0.492 e. The van der Waals surface area contributed by atoms with Crippen LogP contribution in [0.5, 0.6) is 5.75 Å². The Morgan fingerprint density at radius 2 is 2.27 bits per heavy atom. The average Bonchev–Trinajstić information content (AvgIpc) is 2.18. The number of hydrogen-bond acceptors (Lipinski definition) is 2. The molecule has 0 fully saturated rings. The maximum absolute atomic E-state index is 13.4.